The number of carbonyl (C=O) groups excluding carboxylic acids is 2. The molecule has 1 fully saturated rings. The van der Waals surface area contributed by atoms with Crippen LogP contribution >= 0.6 is 0 Å². The van der Waals surface area contributed by atoms with Crippen molar-refractivity contribution in [3.05, 3.63) is 23.8 Å². The Kier molecular flexibility index (Phi) is 7.75. The van der Waals surface area contributed by atoms with Crippen LogP contribution in [0.1, 0.15) is 44.6 Å². The van der Waals surface area contributed by atoms with Crippen LogP contribution in [-0.4, -0.2) is 32.6 Å². The Bertz CT molecular complexity index is 610. The van der Waals surface area contributed by atoms with Crippen LogP contribution in [0.3, 0.4) is 0 Å². The van der Waals surface area contributed by atoms with Crippen LogP contribution in [0.2, 0.25) is 0 Å². The van der Waals surface area contributed by atoms with E-state index in [4.69, 9.17) is 9.47 Å². The van der Waals surface area contributed by atoms with E-state index in [-0.39, 0.29) is 23.7 Å². The zero-order valence-corrected chi connectivity index (χ0v) is 16.0. The second-order valence-electron chi connectivity index (χ2n) is 6.75. The summed E-state index contributed by atoms with van der Waals surface area (Å²) in [4.78, 5) is 24.5. The molecular formula is C20H30N2O4. The predicted molar refractivity (Wildman–Crippen MR) is 100 cm³/mol. The minimum Gasteiger partial charge on any atom is -0.493 e. The maximum Gasteiger partial charge on any atom is 0.223 e. The molecule has 0 aromatic heterocycles. The third-order valence-corrected chi connectivity index (χ3v) is 4.93. The highest BCUT2D eigenvalue weighted by atomic mass is 16.5. The fraction of sp³-hybridized carbons (Fsp3) is 0.600. The molecule has 1 aromatic rings. The fourth-order valence-corrected chi connectivity index (χ4v) is 3.33. The first-order valence-electron chi connectivity index (χ1n) is 9.35. The molecule has 0 atom stereocenters. The zero-order valence-electron chi connectivity index (χ0n) is 16.0. The van der Waals surface area contributed by atoms with Gasteiger partial charge in [0.15, 0.2) is 11.5 Å². The Morgan fingerprint density at radius 3 is 2.08 bits per heavy atom. The van der Waals surface area contributed by atoms with Gasteiger partial charge in [-0.2, -0.15) is 0 Å². The van der Waals surface area contributed by atoms with E-state index in [1.54, 1.807) is 14.2 Å². The number of hydrogen-bond donors (Lipinski definition) is 2. The average molecular weight is 362 g/mol. The Morgan fingerprint density at radius 1 is 0.962 bits per heavy atom. The van der Waals surface area contributed by atoms with Crippen LogP contribution in [0.4, 0.5) is 0 Å². The van der Waals surface area contributed by atoms with E-state index in [9.17, 15) is 9.59 Å². The highest BCUT2D eigenvalue weighted by Gasteiger charge is 2.29. The van der Waals surface area contributed by atoms with E-state index < -0.39 is 0 Å². The zero-order chi connectivity index (χ0) is 18.9. The molecule has 1 saturated carbocycles. The first kappa shape index (κ1) is 20.1. The molecular weight excluding hydrogens is 332 g/mol. The Morgan fingerprint density at radius 2 is 1.54 bits per heavy atom. The number of hydrogen-bond acceptors (Lipinski definition) is 4. The quantitative estimate of drug-likeness (QED) is 0.745. The van der Waals surface area contributed by atoms with Crippen molar-refractivity contribution in [3.8, 4) is 11.5 Å². The first-order valence-corrected chi connectivity index (χ1v) is 9.35. The van der Waals surface area contributed by atoms with E-state index in [2.05, 4.69) is 10.6 Å². The molecule has 144 valence electrons. The van der Waals surface area contributed by atoms with Gasteiger partial charge >= 0.3 is 0 Å². The fourth-order valence-electron chi connectivity index (χ4n) is 3.33. The molecule has 0 saturated heterocycles. The van der Waals surface area contributed by atoms with Gasteiger partial charge in [0.05, 0.1) is 14.2 Å². The molecule has 0 heterocycles. The van der Waals surface area contributed by atoms with Crippen LogP contribution in [0, 0.1) is 11.8 Å². The maximum absolute atomic E-state index is 12.4. The van der Waals surface area contributed by atoms with E-state index in [1.807, 2.05) is 25.1 Å². The number of methoxy groups -OCH3 is 2. The van der Waals surface area contributed by atoms with E-state index in [1.165, 1.54) is 0 Å². The summed E-state index contributed by atoms with van der Waals surface area (Å²) in [6.45, 7) is 3.22. The lowest BCUT2D eigenvalue weighted by atomic mass is 9.81. The normalized spacial score (nSPS) is 19.5. The van der Waals surface area contributed by atoms with Gasteiger partial charge in [0.2, 0.25) is 11.8 Å². The Balaban J connectivity index is 1.80. The smallest absolute Gasteiger partial charge is 0.223 e. The lowest BCUT2D eigenvalue weighted by Gasteiger charge is -2.27. The second kappa shape index (κ2) is 10.0. The SMILES string of the molecule is CCCNC(=O)C1CCC(C(=O)NCc2ccc(OC)c(OC)c2)CC1. The van der Waals surface area contributed by atoms with Crippen molar-refractivity contribution in [2.75, 3.05) is 20.8 Å². The lowest BCUT2D eigenvalue weighted by molar-refractivity contribution is -0.130. The van der Waals surface area contributed by atoms with Crippen molar-refractivity contribution in [1.29, 1.82) is 0 Å². The topological polar surface area (TPSA) is 76.7 Å². The Hall–Kier alpha value is -2.24. The summed E-state index contributed by atoms with van der Waals surface area (Å²) in [5.74, 6) is 1.56. The summed E-state index contributed by atoms with van der Waals surface area (Å²) in [5.41, 5.74) is 0.962. The highest BCUT2D eigenvalue weighted by molar-refractivity contribution is 5.81. The average Bonchev–Trinajstić information content (AvgIpc) is 2.69. The largest absolute Gasteiger partial charge is 0.493 e. The van der Waals surface area contributed by atoms with Gasteiger partial charge in [0.25, 0.3) is 0 Å². The molecule has 1 aromatic carbocycles. The molecule has 0 unspecified atom stereocenters. The standard InChI is InChI=1S/C20H30N2O4/c1-4-11-21-19(23)15-6-8-16(9-7-15)20(24)22-13-14-5-10-17(25-2)18(12-14)26-3/h5,10,12,15-16H,4,6-9,11,13H2,1-3H3,(H,21,23)(H,22,24). The second-order valence-corrected chi connectivity index (χ2v) is 6.75. The van der Waals surface area contributed by atoms with Crippen molar-refractivity contribution < 1.29 is 19.1 Å². The maximum atomic E-state index is 12.4. The van der Waals surface area contributed by atoms with E-state index >= 15 is 0 Å². The molecule has 2 rings (SSSR count). The number of nitrogens with one attached hydrogen (secondary N) is 2. The molecule has 1 aliphatic carbocycles. The van der Waals surface area contributed by atoms with Crippen LogP contribution in [0.15, 0.2) is 18.2 Å². The number of ether oxygens (including phenoxy) is 2. The van der Waals surface area contributed by atoms with Crippen molar-refractivity contribution >= 4 is 11.8 Å². The molecule has 26 heavy (non-hydrogen) atoms. The molecule has 2 N–H and O–H groups in total. The Labute approximate surface area is 155 Å². The lowest BCUT2D eigenvalue weighted by Crippen LogP contribution is -2.37. The van der Waals surface area contributed by atoms with Gasteiger partial charge in [-0.05, 0) is 49.8 Å². The number of carbonyl (C=O) groups is 2. The molecule has 0 aliphatic heterocycles. The predicted octanol–water partition coefficient (Wildman–Crippen LogP) is 2.65. The van der Waals surface area contributed by atoms with Crippen LogP contribution < -0.4 is 20.1 Å². The molecule has 1 aliphatic rings. The molecule has 2 amide bonds. The molecule has 6 heteroatoms. The monoisotopic (exact) mass is 362 g/mol. The van der Waals surface area contributed by atoms with Crippen molar-refractivity contribution in [2.24, 2.45) is 11.8 Å². The van der Waals surface area contributed by atoms with Gasteiger partial charge in [0.1, 0.15) is 0 Å². The highest BCUT2D eigenvalue weighted by Crippen LogP contribution is 2.30. The molecule has 0 bridgehead atoms. The minimum absolute atomic E-state index is 0.00892. The van der Waals surface area contributed by atoms with Gasteiger partial charge in [-0.15, -0.1) is 0 Å². The summed E-state index contributed by atoms with van der Waals surface area (Å²) in [7, 11) is 3.19. The number of amides is 2. The summed E-state index contributed by atoms with van der Waals surface area (Å²) in [6, 6.07) is 5.62. The number of benzene rings is 1. The van der Waals surface area contributed by atoms with Gasteiger partial charge in [-0.1, -0.05) is 13.0 Å². The van der Waals surface area contributed by atoms with Crippen molar-refractivity contribution in [2.45, 2.75) is 45.6 Å². The van der Waals surface area contributed by atoms with Gasteiger partial charge in [-0.3, -0.25) is 9.59 Å². The number of rotatable bonds is 8. The first-order chi connectivity index (χ1) is 12.6. The molecule has 0 spiro atoms. The molecule has 6 nitrogen and oxygen atoms in total. The van der Waals surface area contributed by atoms with E-state index in [0.717, 1.165) is 44.2 Å². The summed E-state index contributed by atoms with van der Waals surface area (Å²) >= 11 is 0. The van der Waals surface area contributed by atoms with Crippen LogP contribution in [0.5, 0.6) is 11.5 Å². The van der Waals surface area contributed by atoms with Crippen molar-refractivity contribution in [3.63, 3.8) is 0 Å². The van der Waals surface area contributed by atoms with Crippen LogP contribution in [-0.2, 0) is 16.1 Å². The van der Waals surface area contributed by atoms with Gasteiger partial charge in [0, 0.05) is 24.9 Å². The van der Waals surface area contributed by atoms with Gasteiger partial charge in [-0.25, -0.2) is 0 Å². The van der Waals surface area contributed by atoms with E-state index in [0.29, 0.717) is 18.0 Å². The van der Waals surface area contributed by atoms with Gasteiger partial charge < -0.3 is 20.1 Å². The summed E-state index contributed by atoms with van der Waals surface area (Å²) < 4.78 is 10.5. The molecule has 0 radical (unpaired) electrons. The summed E-state index contributed by atoms with van der Waals surface area (Å²) in [5, 5.41) is 5.95. The summed E-state index contributed by atoms with van der Waals surface area (Å²) in [6.07, 6.45) is 4.04. The van der Waals surface area contributed by atoms with Crippen LogP contribution in [0.25, 0.3) is 0 Å². The minimum atomic E-state index is -0.00892. The third-order valence-electron chi connectivity index (χ3n) is 4.93. The van der Waals surface area contributed by atoms with Crippen molar-refractivity contribution in [1.82, 2.24) is 10.6 Å². The third kappa shape index (κ3) is 5.38.